The van der Waals surface area contributed by atoms with Crippen molar-refractivity contribution < 1.29 is 0 Å². The second-order valence-corrected chi connectivity index (χ2v) is 3.78. The number of terminal acetylenes is 1. The van der Waals surface area contributed by atoms with Crippen LogP contribution >= 0.6 is 23.2 Å². The normalized spacial score (nSPS) is 12.1. The van der Waals surface area contributed by atoms with Crippen molar-refractivity contribution in [3.63, 3.8) is 0 Å². The lowest BCUT2D eigenvalue weighted by Gasteiger charge is -2.10. The number of benzene rings is 1. The van der Waals surface area contributed by atoms with Crippen molar-refractivity contribution in [1.29, 1.82) is 0 Å². The molecule has 0 aliphatic carbocycles. The molecule has 0 aliphatic rings. The van der Waals surface area contributed by atoms with Crippen LogP contribution in [0.4, 0.5) is 0 Å². The molecule has 0 aliphatic heterocycles. The Balaban J connectivity index is 2.72. The van der Waals surface area contributed by atoms with Crippen LogP contribution in [0.1, 0.15) is 12.5 Å². The fraction of sp³-hybridized carbons (Fsp3) is 0.273. The van der Waals surface area contributed by atoms with E-state index >= 15 is 0 Å². The minimum Gasteiger partial charge on any atom is -0.300 e. The second kappa shape index (κ2) is 5.26. The van der Waals surface area contributed by atoms with Gasteiger partial charge >= 0.3 is 0 Å². The van der Waals surface area contributed by atoms with Gasteiger partial charge in [0, 0.05) is 22.2 Å². The van der Waals surface area contributed by atoms with Crippen molar-refractivity contribution in [2.24, 2.45) is 0 Å². The summed E-state index contributed by atoms with van der Waals surface area (Å²) in [7, 11) is 0. The highest BCUT2D eigenvalue weighted by Gasteiger charge is 2.05. The lowest BCUT2D eigenvalue weighted by Crippen LogP contribution is -2.23. The van der Waals surface area contributed by atoms with Gasteiger partial charge < -0.3 is 0 Å². The fourth-order valence-corrected chi connectivity index (χ4v) is 1.55. The second-order valence-electron chi connectivity index (χ2n) is 2.97. The van der Waals surface area contributed by atoms with E-state index in [-0.39, 0.29) is 6.04 Å². The molecule has 0 saturated carbocycles. The highest BCUT2D eigenvalue weighted by atomic mass is 35.5. The Kier molecular flexibility index (Phi) is 4.28. The molecule has 1 unspecified atom stereocenters. The van der Waals surface area contributed by atoms with Crippen LogP contribution in [0, 0.1) is 12.3 Å². The molecule has 0 fully saturated rings. The molecule has 1 N–H and O–H groups in total. The van der Waals surface area contributed by atoms with E-state index in [1.54, 1.807) is 0 Å². The van der Waals surface area contributed by atoms with Gasteiger partial charge in [-0.3, -0.25) is 5.32 Å². The van der Waals surface area contributed by atoms with Gasteiger partial charge in [0.05, 0.1) is 6.04 Å². The molecular formula is C11H11Cl2N. The Morgan fingerprint density at radius 2 is 2.00 bits per heavy atom. The zero-order valence-electron chi connectivity index (χ0n) is 7.85. The predicted octanol–water partition coefficient (Wildman–Crippen LogP) is 3.10. The molecule has 0 bridgehead atoms. The maximum Gasteiger partial charge on any atom is 0.0660 e. The zero-order chi connectivity index (χ0) is 10.6. The van der Waals surface area contributed by atoms with E-state index in [9.17, 15) is 0 Å². The average Bonchev–Trinajstić information content (AvgIpc) is 2.16. The van der Waals surface area contributed by atoms with Gasteiger partial charge in [-0.15, -0.1) is 6.42 Å². The highest BCUT2D eigenvalue weighted by molar-refractivity contribution is 6.35. The molecule has 0 amide bonds. The van der Waals surface area contributed by atoms with Gasteiger partial charge in [-0.2, -0.15) is 0 Å². The molecule has 1 nitrogen and oxygen atoms in total. The third kappa shape index (κ3) is 2.92. The van der Waals surface area contributed by atoms with Gasteiger partial charge in [0.1, 0.15) is 0 Å². The Hall–Kier alpha value is -0.680. The van der Waals surface area contributed by atoms with Gasteiger partial charge in [-0.25, -0.2) is 0 Å². The topological polar surface area (TPSA) is 12.0 Å². The zero-order valence-corrected chi connectivity index (χ0v) is 9.36. The van der Waals surface area contributed by atoms with Crippen LogP contribution < -0.4 is 5.32 Å². The van der Waals surface area contributed by atoms with Crippen LogP contribution in [0.3, 0.4) is 0 Å². The highest BCUT2D eigenvalue weighted by Crippen LogP contribution is 2.23. The number of hydrogen-bond donors (Lipinski definition) is 1. The quantitative estimate of drug-likeness (QED) is 0.784. The Morgan fingerprint density at radius 3 is 2.50 bits per heavy atom. The summed E-state index contributed by atoms with van der Waals surface area (Å²) in [5.41, 5.74) is 0.887. The Morgan fingerprint density at radius 1 is 1.43 bits per heavy atom. The van der Waals surface area contributed by atoms with Gasteiger partial charge in [0.2, 0.25) is 0 Å². The smallest absolute Gasteiger partial charge is 0.0660 e. The van der Waals surface area contributed by atoms with Gasteiger partial charge in [-0.1, -0.05) is 35.2 Å². The van der Waals surface area contributed by atoms with Gasteiger partial charge in [-0.05, 0) is 19.1 Å². The average molecular weight is 228 g/mol. The van der Waals surface area contributed by atoms with Crippen molar-refractivity contribution in [3.05, 3.63) is 33.8 Å². The van der Waals surface area contributed by atoms with E-state index in [1.807, 2.05) is 25.1 Å². The summed E-state index contributed by atoms with van der Waals surface area (Å²) < 4.78 is 0. The van der Waals surface area contributed by atoms with E-state index in [0.717, 1.165) is 5.56 Å². The van der Waals surface area contributed by atoms with Gasteiger partial charge in [0.25, 0.3) is 0 Å². The molecule has 1 atom stereocenters. The van der Waals surface area contributed by atoms with E-state index in [2.05, 4.69) is 11.2 Å². The maximum atomic E-state index is 5.98. The lowest BCUT2D eigenvalue weighted by molar-refractivity contribution is 0.648. The van der Waals surface area contributed by atoms with Crippen LogP contribution in [0.5, 0.6) is 0 Å². The van der Waals surface area contributed by atoms with Crippen LogP contribution in [0.2, 0.25) is 10.0 Å². The summed E-state index contributed by atoms with van der Waals surface area (Å²) in [5.74, 6) is 2.58. The number of nitrogens with one attached hydrogen (secondary N) is 1. The van der Waals surface area contributed by atoms with Crippen molar-refractivity contribution in [1.82, 2.24) is 5.32 Å². The third-order valence-electron chi connectivity index (χ3n) is 1.90. The molecular weight excluding hydrogens is 217 g/mol. The summed E-state index contributed by atoms with van der Waals surface area (Å²) in [6.07, 6.45) is 5.23. The first-order valence-corrected chi connectivity index (χ1v) is 5.03. The van der Waals surface area contributed by atoms with Crippen LogP contribution in [-0.2, 0) is 6.54 Å². The Labute approximate surface area is 94.4 Å². The first-order valence-electron chi connectivity index (χ1n) is 4.27. The first kappa shape index (κ1) is 11.4. The molecule has 0 aromatic heterocycles. The van der Waals surface area contributed by atoms with Crippen molar-refractivity contribution in [2.75, 3.05) is 0 Å². The van der Waals surface area contributed by atoms with Crippen molar-refractivity contribution in [2.45, 2.75) is 19.5 Å². The molecule has 1 aromatic rings. The number of rotatable bonds is 3. The summed E-state index contributed by atoms with van der Waals surface area (Å²) in [6, 6.07) is 5.46. The monoisotopic (exact) mass is 227 g/mol. The van der Waals surface area contributed by atoms with E-state index in [0.29, 0.717) is 16.6 Å². The predicted molar refractivity (Wildman–Crippen MR) is 61.6 cm³/mol. The molecule has 0 heterocycles. The fourth-order valence-electron chi connectivity index (χ4n) is 1.02. The first-order chi connectivity index (χ1) is 6.65. The lowest BCUT2D eigenvalue weighted by atomic mass is 10.2. The molecule has 3 heteroatoms. The van der Waals surface area contributed by atoms with Crippen LogP contribution in [0.25, 0.3) is 0 Å². The Bertz CT molecular complexity index is 335. The molecule has 1 rings (SSSR count). The standard InChI is InChI=1S/C11H11Cl2N/c1-3-8(2)14-7-9-10(12)5-4-6-11(9)13/h1,4-6,8,14H,7H2,2H3. The van der Waals surface area contributed by atoms with E-state index in [4.69, 9.17) is 29.6 Å². The molecule has 0 radical (unpaired) electrons. The van der Waals surface area contributed by atoms with Crippen LogP contribution in [0.15, 0.2) is 18.2 Å². The largest absolute Gasteiger partial charge is 0.300 e. The van der Waals surface area contributed by atoms with Gasteiger partial charge in [0.15, 0.2) is 0 Å². The third-order valence-corrected chi connectivity index (χ3v) is 2.60. The van der Waals surface area contributed by atoms with Crippen LogP contribution in [-0.4, -0.2) is 6.04 Å². The summed E-state index contributed by atoms with van der Waals surface area (Å²) in [5, 5.41) is 4.45. The number of halogens is 2. The van der Waals surface area contributed by atoms with E-state index in [1.165, 1.54) is 0 Å². The molecule has 74 valence electrons. The minimum absolute atomic E-state index is 0.0161. The minimum atomic E-state index is 0.0161. The SMILES string of the molecule is C#CC(C)NCc1c(Cl)cccc1Cl. The number of hydrogen-bond acceptors (Lipinski definition) is 1. The maximum absolute atomic E-state index is 5.98. The van der Waals surface area contributed by atoms with Crippen molar-refractivity contribution in [3.8, 4) is 12.3 Å². The summed E-state index contributed by atoms with van der Waals surface area (Å²) >= 11 is 12.0. The van der Waals surface area contributed by atoms with Crippen molar-refractivity contribution >= 4 is 23.2 Å². The molecule has 0 saturated heterocycles. The van der Waals surface area contributed by atoms with E-state index < -0.39 is 0 Å². The summed E-state index contributed by atoms with van der Waals surface area (Å²) in [4.78, 5) is 0. The molecule has 1 aromatic carbocycles. The molecule has 14 heavy (non-hydrogen) atoms. The summed E-state index contributed by atoms with van der Waals surface area (Å²) in [6.45, 7) is 2.49. The molecule has 0 spiro atoms.